The van der Waals surface area contributed by atoms with Crippen molar-refractivity contribution < 1.29 is 9.18 Å². The molecule has 0 saturated heterocycles. The average molecular weight is 280 g/mol. The van der Waals surface area contributed by atoms with Crippen LogP contribution in [0.3, 0.4) is 0 Å². The zero-order valence-electron chi connectivity index (χ0n) is 12.4. The van der Waals surface area contributed by atoms with Gasteiger partial charge in [0.2, 0.25) is 5.91 Å². The van der Waals surface area contributed by atoms with Crippen LogP contribution in [-0.4, -0.2) is 12.5 Å². The van der Waals surface area contributed by atoms with Gasteiger partial charge in [-0.1, -0.05) is 25.5 Å². The highest BCUT2D eigenvalue weighted by Crippen LogP contribution is 2.16. The van der Waals surface area contributed by atoms with Crippen LogP contribution < -0.4 is 11.1 Å². The van der Waals surface area contributed by atoms with Gasteiger partial charge in [-0.05, 0) is 49.9 Å². The molecule has 0 aliphatic rings. The van der Waals surface area contributed by atoms with Crippen molar-refractivity contribution in [2.75, 3.05) is 6.54 Å². The molecule has 2 unspecified atom stereocenters. The van der Waals surface area contributed by atoms with Crippen LogP contribution in [0.25, 0.3) is 0 Å². The second kappa shape index (κ2) is 8.69. The Labute approximate surface area is 120 Å². The summed E-state index contributed by atoms with van der Waals surface area (Å²) in [5, 5.41) is 2.91. The molecule has 2 atom stereocenters. The number of benzene rings is 1. The summed E-state index contributed by atoms with van der Waals surface area (Å²) in [7, 11) is 0. The summed E-state index contributed by atoms with van der Waals surface area (Å²) in [5.41, 5.74) is 6.33. The van der Waals surface area contributed by atoms with Gasteiger partial charge in [-0.2, -0.15) is 0 Å². The predicted octanol–water partition coefficient (Wildman–Crippen LogP) is 3.16. The average Bonchev–Trinajstić information content (AvgIpc) is 2.43. The van der Waals surface area contributed by atoms with E-state index in [9.17, 15) is 9.18 Å². The van der Waals surface area contributed by atoms with Gasteiger partial charge >= 0.3 is 0 Å². The van der Waals surface area contributed by atoms with Crippen LogP contribution in [0.5, 0.6) is 0 Å². The maximum Gasteiger partial charge on any atom is 0.220 e. The van der Waals surface area contributed by atoms with E-state index >= 15 is 0 Å². The predicted molar refractivity (Wildman–Crippen MR) is 79.6 cm³/mol. The number of rotatable bonds is 8. The molecule has 0 saturated carbocycles. The van der Waals surface area contributed by atoms with Crippen molar-refractivity contribution in [2.45, 2.75) is 45.6 Å². The molecule has 4 heteroatoms. The van der Waals surface area contributed by atoms with Crippen molar-refractivity contribution in [3.63, 3.8) is 0 Å². The highest BCUT2D eigenvalue weighted by atomic mass is 19.1. The van der Waals surface area contributed by atoms with Crippen LogP contribution in [-0.2, 0) is 4.79 Å². The zero-order valence-corrected chi connectivity index (χ0v) is 12.4. The smallest absolute Gasteiger partial charge is 0.220 e. The summed E-state index contributed by atoms with van der Waals surface area (Å²) < 4.78 is 13.1. The summed E-state index contributed by atoms with van der Waals surface area (Å²) in [6, 6.07) is 6.15. The highest BCUT2D eigenvalue weighted by molar-refractivity contribution is 5.76. The highest BCUT2D eigenvalue weighted by Gasteiger charge is 2.12. The second-order valence-electron chi connectivity index (χ2n) is 5.23. The van der Waals surface area contributed by atoms with Crippen molar-refractivity contribution in [3.05, 3.63) is 35.6 Å². The minimum Gasteiger partial charge on any atom is -0.350 e. The molecule has 0 fully saturated rings. The Morgan fingerprint density at radius 3 is 2.75 bits per heavy atom. The monoisotopic (exact) mass is 280 g/mol. The third kappa shape index (κ3) is 5.70. The molecule has 112 valence electrons. The van der Waals surface area contributed by atoms with Gasteiger partial charge in [0.05, 0.1) is 6.04 Å². The summed E-state index contributed by atoms with van der Waals surface area (Å²) >= 11 is 0. The Morgan fingerprint density at radius 2 is 2.15 bits per heavy atom. The van der Waals surface area contributed by atoms with Crippen molar-refractivity contribution >= 4 is 5.91 Å². The van der Waals surface area contributed by atoms with E-state index in [-0.39, 0.29) is 17.8 Å². The number of carbonyl (C=O) groups is 1. The molecule has 3 N–H and O–H groups in total. The number of hydrogen-bond donors (Lipinski definition) is 2. The molecule has 1 aromatic carbocycles. The second-order valence-corrected chi connectivity index (χ2v) is 5.23. The van der Waals surface area contributed by atoms with Crippen molar-refractivity contribution in [1.29, 1.82) is 0 Å². The minimum atomic E-state index is -0.280. The molecule has 20 heavy (non-hydrogen) atoms. The van der Waals surface area contributed by atoms with Crippen LogP contribution >= 0.6 is 0 Å². The van der Waals surface area contributed by atoms with Crippen LogP contribution in [0.4, 0.5) is 4.39 Å². The van der Waals surface area contributed by atoms with E-state index in [1.165, 1.54) is 12.1 Å². The lowest BCUT2D eigenvalue weighted by atomic mass is 9.96. The maximum absolute atomic E-state index is 13.1. The van der Waals surface area contributed by atoms with E-state index in [4.69, 9.17) is 5.73 Å². The maximum atomic E-state index is 13.1. The van der Waals surface area contributed by atoms with Crippen molar-refractivity contribution in [1.82, 2.24) is 5.32 Å². The standard InChI is InChI=1S/C16H25FN2O/c1-3-13(9-10-18)7-8-16(20)19-12(2)14-5-4-6-15(17)11-14/h4-6,11-13H,3,7-10,18H2,1-2H3,(H,19,20). The summed E-state index contributed by atoms with van der Waals surface area (Å²) in [5.74, 6) is 0.241. The van der Waals surface area contributed by atoms with Gasteiger partial charge in [-0.3, -0.25) is 4.79 Å². The Kier molecular flexibility index (Phi) is 7.23. The number of nitrogens with two attached hydrogens (primary N) is 1. The molecule has 0 aliphatic carbocycles. The van der Waals surface area contributed by atoms with E-state index in [1.54, 1.807) is 6.07 Å². The molecule has 0 heterocycles. The molecule has 3 nitrogen and oxygen atoms in total. The van der Waals surface area contributed by atoms with Crippen molar-refractivity contribution in [3.8, 4) is 0 Å². The van der Waals surface area contributed by atoms with Crippen LogP contribution in [0.2, 0.25) is 0 Å². The lowest BCUT2D eigenvalue weighted by Gasteiger charge is -2.16. The number of carbonyl (C=O) groups excluding carboxylic acids is 1. The normalized spacial score (nSPS) is 13.8. The molecule has 1 aromatic rings. The first-order valence-electron chi connectivity index (χ1n) is 7.31. The number of amides is 1. The molecule has 0 spiro atoms. The van der Waals surface area contributed by atoms with Gasteiger partial charge in [0.25, 0.3) is 0 Å². The van der Waals surface area contributed by atoms with Gasteiger partial charge in [0.15, 0.2) is 0 Å². The largest absolute Gasteiger partial charge is 0.350 e. The molecule has 0 aromatic heterocycles. The fraction of sp³-hybridized carbons (Fsp3) is 0.562. The molecule has 0 aliphatic heterocycles. The third-order valence-corrected chi connectivity index (χ3v) is 3.66. The zero-order chi connectivity index (χ0) is 15.0. The van der Waals surface area contributed by atoms with Crippen molar-refractivity contribution in [2.24, 2.45) is 11.7 Å². The third-order valence-electron chi connectivity index (χ3n) is 3.66. The van der Waals surface area contributed by atoms with Gasteiger partial charge in [-0.25, -0.2) is 4.39 Å². The first-order chi connectivity index (χ1) is 9.56. The van der Waals surface area contributed by atoms with Gasteiger partial charge in [0, 0.05) is 6.42 Å². The van der Waals surface area contributed by atoms with Crippen LogP contribution in [0.1, 0.15) is 51.1 Å². The summed E-state index contributed by atoms with van der Waals surface area (Å²) in [4.78, 5) is 11.9. The van der Waals surface area contributed by atoms with E-state index in [0.717, 1.165) is 24.8 Å². The molecule has 1 rings (SSSR count). The fourth-order valence-corrected chi connectivity index (χ4v) is 2.30. The lowest BCUT2D eigenvalue weighted by Crippen LogP contribution is -2.27. The summed E-state index contributed by atoms with van der Waals surface area (Å²) in [6.07, 6.45) is 3.36. The topological polar surface area (TPSA) is 55.1 Å². The fourth-order valence-electron chi connectivity index (χ4n) is 2.30. The Bertz CT molecular complexity index is 423. The molecule has 0 bridgehead atoms. The first kappa shape index (κ1) is 16.6. The quantitative estimate of drug-likeness (QED) is 0.768. The van der Waals surface area contributed by atoms with Gasteiger partial charge in [0.1, 0.15) is 5.82 Å². The summed E-state index contributed by atoms with van der Waals surface area (Å²) in [6.45, 7) is 4.65. The lowest BCUT2D eigenvalue weighted by molar-refractivity contribution is -0.122. The molecular weight excluding hydrogens is 255 g/mol. The Morgan fingerprint density at radius 1 is 1.40 bits per heavy atom. The minimum absolute atomic E-state index is 0.0113. The van der Waals surface area contributed by atoms with Gasteiger partial charge in [-0.15, -0.1) is 0 Å². The first-order valence-corrected chi connectivity index (χ1v) is 7.31. The van der Waals surface area contributed by atoms with Gasteiger partial charge < -0.3 is 11.1 Å². The molecular formula is C16H25FN2O. The van der Waals surface area contributed by atoms with E-state index < -0.39 is 0 Å². The number of hydrogen-bond acceptors (Lipinski definition) is 2. The van der Waals surface area contributed by atoms with E-state index in [2.05, 4.69) is 12.2 Å². The molecule has 1 amide bonds. The molecule has 0 radical (unpaired) electrons. The van der Waals surface area contributed by atoms with E-state index in [1.807, 2.05) is 13.0 Å². The van der Waals surface area contributed by atoms with Crippen LogP contribution in [0, 0.1) is 11.7 Å². The SMILES string of the molecule is CCC(CCN)CCC(=O)NC(C)c1cccc(F)c1. The Balaban J connectivity index is 2.42. The number of nitrogens with one attached hydrogen (secondary N) is 1. The van der Waals surface area contributed by atoms with E-state index in [0.29, 0.717) is 18.9 Å². The van der Waals surface area contributed by atoms with Crippen LogP contribution in [0.15, 0.2) is 24.3 Å². The number of halogens is 1. The Hall–Kier alpha value is -1.42.